The van der Waals surface area contributed by atoms with Gasteiger partial charge in [0.2, 0.25) is 5.91 Å². The molecule has 0 heterocycles. The Morgan fingerprint density at radius 1 is 0.950 bits per heavy atom. The number of esters is 1. The number of unbranched alkanes of at least 4 members (excludes halogenated alkanes) is 8. The molecule has 0 aromatic heterocycles. The second kappa shape index (κ2) is 12.7. The fourth-order valence-electron chi connectivity index (χ4n) is 1.96. The molecule has 116 valence electrons. The van der Waals surface area contributed by atoms with E-state index in [1.807, 2.05) is 0 Å². The van der Waals surface area contributed by atoms with E-state index in [1.54, 1.807) is 0 Å². The minimum absolute atomic E-state index is 0.128. The summed E-state index contributed by atoms with van der Waals surface area (Å²) in [5.41, 5.74) is 5.11. The first-order valence-corrected chi connectivity index (χ1v) is 7.71. The minimum Gasteiger partial charge on any atom is -0.462 e. The molecule has 0 radical (unpaired) electrons. The molecule has 0 fully saturated rings. The van der Waals surface area contributed by atoms with Crippen molar-refractivity contribution in [3.05, 3.63) is 12.2 Å². The van der Waals surface area contributed by atoms with Crippen molar-refractivity contribution in [2.24, 2.45) is 5.73 Å². The number of hydrogen-bond donors (Lipinski definition) is 1. The molecule has 4 heteroatoms. The molecular weight excluding hydrogens is 254 g/mol. The van der Waals surface area contributed by atoms with Gasteiger partial charge in [0.1, 0.15) is 0 Å². The lowest BCUT2D eigenvalue weighted by Crippen LogP contribution is -2.16. The van der Waals surface area contributed by atoms with Gasteiger partial charge in [-0.2, -0.15) is 0 Å². The third kappa shape index (κ3) is 11.8. The summed E-state index contributed by atoms with van der Waals surface area (Å²) in [5.74, 6) is -1.07. The molecule has 0 aromatic rings. The van der Waals surface area contributed by atoms with Gasteiger partial charge in [-0.3, -0.25) is 4.79 Å². The predicted molar refractivity (Wildman–Crippen MR) is 81.1 cm³/mol. The topological polar surface area (TPSA) is 69.4 Å². The summed E-state index contributed by atoms with van der Waals surface area (Å²) in [4.78, 5) is 22.0. The van der Waals surface area contributed by atoms with Crippen LogP contribution < -0.4 is 5.73 Å². The van der Waals surface area contributed by atoms with Crippen molar-refractivity contribution in [3.8, 4) is 0 Å². The second-order valence-electron chi connectivity index (χ2n) is 5.21. The molecular formula is C16H29NO3. The maximum atomic E-state index is 11.4. The molecule has 0 saturated carbocycles. The molecule has 0 bridgehead atoms. The van der Waals surface area contributed by atoms with Crippen LogP contribution in [0.3, 0.4) is 0 Å². The van der Waals surface area contributed by atoms with Crippen LogP contribution in [0, 0.1) is 0 Å². The molecule has 1 amide bonds. The smallest absolute Gasteiger partial charge is 0.333 e. The van der Waals surface area contributed by atoms with Crippen molar-refractivity contribution < 1.29 is 14.3 Å². The molecule has 4 nitrogen and oxygen atoms in total. The molecule has 0 spiro atoms. The summed E-state index contributed by atoms with van der Waals surface area (Å²) < 4.78 is 5.02. The number of carbonyl (C=O) groups is 2. The molecule has 2 N–H and O–H groups in total. The van der Waals surface area contributed by atoms with Crippen LogP contribution in [0.25, 0.3) is 0 Å². The zero-order valence-electron chi connectivity index (χ0n) is 12.8. The maximum Gasteiger partial charge on any atom is 0.333 e. The SMILES string of the molecule is C=C(CC(N)=O)C(=O)OCCCCCCCCCCC. The normalized spacial score (nSPS) is 10.2. The van der Waals surface area contributed by atoms with E-state index in [9.17, 15) is 9.59 Å². The highest BCUT2D eigenvalue weighted by Gasteiger charge is 2.10. The zero-order chi connectivity index (χ0) is 15.2. The van der Waals surface area contributed by atoms with Crippen LogP contribution in [0.5, 0.6) is 0 Å². The number of ether oxygens (including phenoxy) is 1. The van der Waals surface area contributed by atoms with Gasteiger partial charge in [0.15, 0.2) is 0 Å². The summed E-state index contributed by atoms with van der Waals surface area (Å²) in [6.07, 6.45) is 10.8. The fraction of sp³-hybridized carbons (Fsp3) is 0.750. The summed E-state index contributed by atoms with van der Waals surface area (Å²) in [7, 11) is 0. The Morgan fingerprint density at radius 2 is 1.45 bits per heavy atom. The Morgan fingerprint density at radius 3 is 1.95 bits per heavy atom. The van der Waals surface area contributed by atoms with Gasteiger partial charge in [-0.15, -0.1) is 0 Å². The molecule has 0 saturated heterocycles. The summed E-state index contributed by atoms with van der Waals surface area (Å²) in [6.45, 7) is 6.10. The highest BCUT2D eigenvalue weighted by atomic mass is 16.5. The van der Waals surface area contributed by atoms with E-state index < -0.39 is 11.9 Å². The Balaban J connectivity index is 3.33. The van der Waals surface area contributed by atoms with Crippen LogP contribution >= 0.6 is 0 Å². The zero-order valence-corrected chi connectivity index (χ0v) is 12.8. The van der Waals surface area contributed by atoms with Gasteiger partial charge in [-0.1, -0.05) is 64.9 Å². The number of rotatable bonds is 13. The molecule has 0 unspecified atom stereocenters. The van der Waals surface area contributed by atoms with Gasteiger partial charge in [0.25, 0.3) is 0 Å². The fourth-order valence-corrected chi connectivity index (χ4v) is 1.96. The lowest BCUT2D eigenvalue weighted by molar-refractivity contribution is -0.140. The number of amides is 1. The second-order valence-corrected chi connectivity index (χ2v) is 5.21. The predicted octanol–water partition coefficient (Wildman–Crippen LogP) is 3.49. The first-order valence-electron chi connectivity index (χ1n) is 7.71. The van der Waals surface area contributed by atoms with Gasteiger partial charge >= 0.3 is 5.97 Å². The quantitative estimate of drug-likeness (QED) is 0.319. The van der Waals surface area contributed by atoms with Crippen LogP contribution in [0.4, 0.5) is 0 Å². The van der Waals surface area contributed by atoms with Crippen molar-refractivity contribution in [1.29, 1.82) is 0 Å². The molecule has 0 atom stereocenters. The van der Waals surface area contributed by atoms with Gasteiger partial charge < -0.3 is 10.5 Å². The Labute approximate surface area is 122 Å². The minimum atomic E-state index is -0.560. The number of nitrogens with two attached hydrogens (primary N) is 1. The molecule has 0 aromatic carbocycles. The van der Waals surface area contributed by atoms with Crippen LogP contribution in [0.15, 0.2) is 12.2 Å². The third-order valence-corrected chi connectivity index (χ3v) is 3.16. The van der Waals surface area contributed by atoms with E-state index in [0.717, 1.165) is 12.8 Å². The van der Waals surface area contributed by atoms with E-state index in [2.05, 4.69) is 13.5 Å². The third-order valence-electron chi connectivity index (χ3n) is 3.16. The van der Waals surface area contributed by atoms with Crippen LogP contribution in [0.2, 0.25) is 0 Å². The van der Waals surface area contributed by atoms with Crippen LogP contribution in [-0.2, 0) is 14.3 Å². The molecule has 0 rings (SSSR count). The average Bonchev–Trinajstić information content (AvgIpc) is 2.39. The number of primary amides is 1. The Kier molecular flexibility index (Phi) is 11.9. The molecule has 0 aliphatic rings. The Hall–Kier alpha value is -1.32. The average molecular weight is 283 g/mol. The summed E-state index contributed by atoms with van der Waals surface area (Å²) in [6, 6.07) is 0. The first kappa shape index (κ1) is 18.7. The largest absolute Gasteiger partial charge is 0.462 e. The van der Waals surface area contributed by atoms with Crippen LogP contribution in [-0.4, -0.2) is 18.5 Å². The van der Waals surface area contributed by atoms with E-state index >= 15 is 0 Å². The molecule has 0 aliphatic carbocycles. The lowest BCUT2D eigenvalue weighted by Gasteiger charge is -2.06. The number of hydrogen-bond acceptors (Lipinski definition) is 3. The first-order chi connectivity index (χ1) is 9.57. The van der Waals surface area contributed by atoms with Gasteiger partial charge in [0.05, 0.1) is 13.0 Å². The maximum absolute atomic E-state index is 11.4. The molecule has 0 aliphatic heterocycles. The van der Waals surface area contributed by atoms with Crippen molar-refractivity contribution in [2.75, 3.05) is 6.61 Å². The van der Waals surface area contributed by atoms with Gasteiger partial charge in [-0.25, -0.2) is 4.79 Å². The van der Waals surface area contributed by atoms with Gasteiger partial charge in [0, 0.05) is 5.57 Å². The van der Waals surface area contributed by atoms with E-state index in [-0.39, 0.29) is 12.0 Å². The number of carbonyl (C=O) groups excluding carboxylic acids is 2. The van der Waals surface area contributed by atoms with Crippen molar-refractivity contribution >= 4 is 11.9 Å². The van der Waals surface area contributed by atoms with E-state index in [1.165, 1.54) is 44.9 Å². The Bertz CT molecular complexity index is 300. The van der Waals surface area contributed by atoms with Crippen molar-refractivity contribution in [1.82, 2.24) is 0 Å². The summed E-state index contributed by atoms with van der Waals surface area (Å²) in [5, 5.41) is 0. The molecule has 20 heavy (non-hydrogen) atoms. The van der Waals surface area contributed by atoms with Crippen LogP contribution in [0.1, 0.15) is 71.1 Å². The highest BCUT2D eigenvalue weighted by Crippen LogP contribution is 2.10. The standard InChI is InChI=1S/C16H29NO3/c1-3-4-5-6-7-8-9-10-11-12-20-16(19)14(2)13-15(17)18/h2-13H2,1H3,(H2,17,18). The summed E-state index contributed by atoms with van der Waals surface area (Å²) >= 11 is 0. The van der Waals surface area contributed by atoms with Crippen molar-refractivity contribution in [3.63, 3.8) is 0 Å². The highest BCUT2D eigenvalue weighted by molar-refractivity contribution is 5.94. The van der Waals surface area contributed by atoms with Gasteiger partial charge in [-0.05, 0) is 6.42 Å². The van der Waals surface area contributed by atoms with E-state index in [4.69, 9.17) is 10.5 Å². The monoisotopic (exact) mass is 283 g/mol. The van der Waals surface area contributed by atoms with E-state index in [0.29, 0.717) is 6.61 Å². The van der Waals surface area contributed by atoms with Crippen molar-refractivity contribution in [2.45, 2.75) is 71.1 Å². The lowest BCUT2D eigenvalue weighted by atomic mass is 10.1.